The van der Waals surface area contributed by atoms with Crippen LogP contribution in [0.1, 0.15) is 49.8 Å². The summed E-state index contributed by atoms with van der Waals surface area (Å²) in [7, 11) is 0. The van der Waals surface area contributed by atoms with E-state index in [4.69, 9.17) is 10.3 Å². The molecule has 0 amide bonds. The average molecular weight is 312 g/mol. The summed E-state index contributed by atoms with van der Waals surface area (Å²) in [5.41, 5.74) is 8.79. The molecule has 2 heterocycles. The number of nitrogens with zero attached hydrogens (tertiary/aromatic N) is 4. The number of hydrogen-bond donors (Lipinski definition) is 1. The van der Waals surface area contributed by atoms with E-state index in [0.29, 0.717) is 11.7 Å². The van der Waals surface area contributed by atoms with E-state index >= 15 is 0 Å². The van der Waals surface area contributed by atoms with Crippen molar-refractivity contribution in [3.05, 3.63) is 17.2 Å². The van der Waals surface area contributed by atoms with Crippen LogP contribution in [0.5, 0.6) is 0 Å². The van der Waals surface area contributed by atoms with Gasteiger partial charge in [0.1, 0.15) is 0 Å². The minimum absolute atomic E-state index is 0. The van der Waals surface area contributed by atoms with Crippen molar-refractivity contribution in [3.8, 4) is 11.5 Å². The van der Waals surface area contributed by atoms with Gasteiger partial charge in [0.05, 0.1) is 16.8 Å². The molecule has 0 aliphatic heterocycles. The molecule has 1 aliphatic carbocycles. The predicted molar refractivity (Wildman–Crippen MR) is 82.2 cm³/mol. The van der Waals surface area contributed by atoms with Crippen LogP contribution in [0.4, 0.5) is 0 Å². The summed E-state index contributed by atoms with van der Waals surface area (Å²) in [5, 5.41) is 8.62. The molecular weight excluding hydrogens is 290 g/mol. The normalized spacial score (nSPS) is 16.4. The Balaban J connectivity index is 0.00000161. The molecule has 0 saturated heterocycles. The number of rotatable bonds is 4. The summed E-state index contributed by atoms with van der Waals surface area (Å²) < 4.78 is 7.43. The second kappa shape index (κ2) is 5.77. The van der Waals surface area contributed by atoms with E-state index in [1.54, 1.807) is 0 Å². The molecule has 2 aromatic heterocycles. The highest BCUT2D eigenvalue weighted by atomic mass is 35.5. The molecule has 0 unspecified atom stereocenters. The van der Waals surface area contributed by atoms with Crippen molar-refractivity contribution < 1.29 is 4.52 Å². The molecule has 1 saturated carbocycles. The van der Waals surface area contributed by atoms with Crippen molar-refractivity contribution in [2.45, 2.75) is 58.5 Å². The summed E-state index contributed by atoms with van der Waals surface area (Å²) in [6.07, 6.45) is 4.04. The minimum atomic E-state index is -0.386. The molecule has 6 nitrogen and oxygen atoms in total. The van der Waals surface area contributed by atoms with E-state index in [2.05, 4.69) is 22.2 Å². The van der Waals surface area contributed by atoms with Gasteiger partial charge in [-0.1, -0.05) is 12.1 Å². The molecular formula is C14H22ClN5O. The van der Waals surface area contributed by atoms with Gasteiger partial charge in [-0.05, 0) is 39.5 Å². The highest BCUT2D eigenvalue weighted by Crippen LogP contribution is 2.38. The van der Waals surface area contributed by atoms with Crippen molar-refractivity contribution in [1.82, 2.24) is 19.9 Å². The maximum atomic E-state index is 6.24. The summed E-state index contributed by atoms with van der Waals surface area (Å²) in [6, 6.07) is 0. The molecule has 2 aromatic rings. The Morgan fingerprint density at radius 2 is 2.05 bits per heavy atom. The highest BCUT2D eigenvalue weighted by Gasteiger charge is 2.39. The summed E-state index contributed by atoms with van der Waals surface area (Å²) >= 11 is 0. The van der Waals surface area contributed by atoms with Crippen molar-refractivity contribution in [1.29, 1.82) is 0 Å². The van der Waals surface area contributed by atoms with E-state index in [0.717, 1.165) is 49.2 Å². The smallest absolute Gasteiger partial charge is 0.261 e. The molecule has 0 atom stereocenters. The van der Waals surface area contributed by atoms with Crippen LogP contribution in [0.25, 0.3) is 11.5 Å². The zero-order valence-electron chi connectivity index (χ0n) is 12.7. The van der Waals surface area contributed by atoms with Crippen molar-refractivity contribution in [3.63, 3.8) is 0 Å². The lowest BCUT2D eigenvalue weighted by atomic mass is 9.77. The van der Waals surface area contributed by atoms with E-state index in [1.165, 1.54) is 0 Å². The summed E-state index contributed by atoms with van der Waals surface area (Å²) in [6.45, 7) is 7.04. The molecule has 3 rings (SSSR count). The van der Waals surface area contributed by atoms with Crippen LogP contribution in [-0.2, 0) is 12.1 Å². The fraction of sp³-hybridized carbons (Fsp3) is 0.643. The first kappa shape index (κ1) is 16.0. The molecule has 0 spiro atoms. The van der Waals surface area contributed by atoms with Crippen LogP contribution < -0.4 is 5.73 Å². The van der Waals surface area contributed by atoms with E-state index < -0.39 is 0 Å². The van der Waals surface area contributed by atoms with Gasteiger partial charge in [-0.25, -0.2) is 0 Å². The molecule has 7 heteroatoms. The van der Waals surface area contributed by atoms with Crippen LogP contribution in [0.2, 0.25) is 0 Å². The molecule has 116 valence electrons. The maximum Gasteiger partial charge on any atom is 0.261 e. The van der Waals surface area contributed by atoms with Gasteiger partial charge in [0.2, 0.25) is 0 Å². The quantitative estimate of drug-likeness (QED) is 0.938. The third-order valence-corrected chi connectivity index (χ3v) is 4.15. The predicted octanol–water partition coefficient (Wildman–Crippen LogP) is 2.72. The molecule has 0 bridgehead atoms. The Bertz CT molecular complexity index is 629. The zero-order chi connectivity index (χ0) is 14.3. The first-order chi connectivity index (χ1) is 9.55. The van der Waals surface area contributed by atoms with Crippen LogP contribution in [0.15, 0.2) is 4.52 Å². The molecule has 0 aromatic carbocycles. The molecule has 21 heavy (non-hydrogen) atoms. The minimum Gasteiger partial charge on any atom is -0.334 e. The van der Waals surface area contributed by atoms with Gasteiger partial charge in [-0.2, -0.15) is 10.1 Å². The van der Waals surface area contributed by atoms with Gasteiger partial charge in [-0.15, -0.1) is 12.4 Å². The van der Waals surface area contributed by atoms with Gasteiger partial charge in [0.25, 0.3) is 5.89 Å². The number of aryl methyl sites for hydroxylation is 2. The molecule has 2 N–H and O–H groups in total. The Kier molecular flexibility index (Phi) is 4.39. The Hall–Kier alpha value is -1.40. The monoisotopic (exact) mass is 311 g/mol. The number of halogens is 1. The highest BCUT2D eigenvalue weighted by molar-refractivity contribution is 5.85. The number of aromatic nitrogens is 4. The van der Waals surface area contributed by atoms with Gasteiger partial charge >= 0.3 is 0 Å². The maximum absolute atomic E-state index is 6.24. The standard InChI is InChI=1S/C14H21N5O.ClH/c1-4-8-19-10(3)11(9(2)17-19)12-16-13(18-20-12)14(15)6-5-7-14;/h4-8,15H2,1-3H3;1H. The lowest BCUT2D eigenvalue weighted by Crippen LogP contribution is -2.44. The fourth-order valence-corrected chi connectivity index (χ4v) is 2.74. The summed E-state index contributed by atoms with van der Waals surface area (Å²) in [5.74, 6) is 1.16. The van der Waals surface area contributed by atoms with Crippen molar-refractivity contribution in [2.24, 2.45) is 5.73 Å². The second-order valence-corrected chi connectivity index (χ2v) is 5.70. The van der Waals surface area contributed by atoms with E-state index in [-0.39, 0.29) is 17.9 Å². The molecule has 1 fully saturated rings. The third kappa shape index (κ3) is 2.58. The molecule has 0 radical (unpaired) electrons. The topological polar surface area (TPSA) is 82.8 Å². The lowest BCUT2D eigenvalue weighted by Gasteiger charge is -2.34. The van der Waals surface area contributed by atoms with Gasteiger partial charge in [0, 0.05) is 12.2 Å². The zero-order valence-corrected chi connectivity index (χ0v) is 13.5. The van der Waals surface area contributed by atoms with Crippen molar-refractivity contribution in [2.75, 3.05) is 0 Å². The van der Waals surface area contributed by atoms with Crippen molar-refractivity contribution >= 4 is 12.4 Å². The van der Waals surface area contributed by atoms with Crippen LogP contribution in [0, 0.1) is 13.8 Å². The van der Waals surface area contributed by atoms with E-state index in [1.807, 2.05) is 18.5 Å². The largest absolute Gasteiger partial charge is 0.334 e. The molecule has 1 aliphatic rings. The number of hydrogen-bond acceptors (Lipinski definition) is 5. The Morgan fingerprint density at radius 3 is 2.62 bits per heavy atom. The Morgan fingerprint density at radius 1 is 1.33 bits per heavy atom. The summed E-state index contributed by atoms with van der Waals surface area (Å²) in [4.78, 5) is 4.51. The first-order valence-corrected chi connectivity index (χ1v) is 7.22. The number of nitrogens with two attached hydrogens (primary N) is 1. The van der Waals surface area contributed by atoms with Gasteiger partial charge < -0.3 is 10.3 Å². The fourth-order valence-electron chi connectivity index (χ4n) is 2.74. The van der Waals surface area contributed by atoms with Gasteiger partial charge in [-0.3, -0.25) is 4.68 Å². The Labute approximate surface area is 130 Å². The van der Waals surface area contributed by atoms with Crippen LogP contribution in [0.3, 0.4) is 0 Å². The second-order valence-electron chi connectivity index (χ2n) is 5.70. The van der Waals surface area contributed by atoms with Gasteiger partial charge in [0.15, 0.2) is 5.82 Å². The van der Waals surface area contributed by atoms with Crippen LogP contribution >= 0.6 is 12.4 Å². The lowest BCUT2D eigenvalue weighted by molar-refractivity contribution is 0.229. The first-order valence-electron chi connectivity index (χ1n) is 7.22. The third-order valence-electron chi connectivity index (χ3n) is 4.15. The van der Waals surface area contributed by atoms with Crippen LogP contribution in [-0.4, -0.2) is 19.9 Å². The van der Waals surface area contributed by atoms with E-state index in [9.17, 15) is 0 Å². The average Bonchev–Trinajstić information content (AvgIpc) is 2.94. The SMILES string of the molecule is CCCn1nc(C)c(-c2nc(C3(N)CCC3)no2)c1C.Cl.